The van der Waals surface area contributed by atoms with Crippen molar-refractivity contribution in [2.45, 2.75) is 20.3 Å². The van der Waals surface area contributed by atoms with E-state index in [-0.39, 0.29) is 0 Å². The van der Waals surface area contributed by atoms with Gasteiger partial charge in [-0.1, -0.05) is 13.8 Å². The summed E-state index contributed by atoms with van der Waals surface area (Å²) in [7, 11) is 0. The van der Waals surface area contributed by atoms with Gasteiger partial charge in [0.1, 0.15) is 0 Å². The van der Waals surface area contributed by atoms with E-state index in [0.717, 1.165) is 17.8 Å². The number of hydrogen-bond donors (Lipinski definition) is 1. The average molecular weight is 150 g/mol. The number of anilines is 1. The first-order valence-electron chi connectivity index (χ1n) is 3.89. The molecule has 1 aromatic heterocycles. The molecule has 0 atom stereocenters. The third kappa shape index (κ3) is 2.22. The molecule has 2 nitrogen and oxygen atoms in total. The lowest BCUT2D eigenvalue weighted by molar-refractivity contribution is 0.637. The zero-order valence-electron chi connectivity index (χ0n) is 7.04. The molecule has 0 unspecified atom stereocenters. The molecule has 0 bridgehead atoms. The van der Waals surface area contributed by atoms with Crippen LogP contribution in [0.2, 0.25) is 0 Å². The number of nitrogen functional groups attached to an aromatic ring is 1. The Morgan fingerprint density at radius 1 is 1.55 bits per heavy atom. The van der Waals surface area contributed by atoms with E-state index < -0.39 is 0 Å². The van der Waals surface area contributed by atoms with Crippen molar-refractivity contribution < 1.29 is 0 Å². The van der Waals surface area contributed by atoms with Crippen LogP contribution in [0.15, 0.2) is 18.3 Å². The second kappa shape index (κ2) is 3.37. The molecule has 0 saturated heterocycles. The molecule has 1 rings (SSSR count). The Morgan fingerprint density at radius 2 is 2.27 bits per heavy atom. The number of pyridine rings is 1. The molecule has 0 saturated carbocycles. The summed E-state index contributed by atoms with van der Waals surface area (Å²) in [6.07, 6.45) is 2.75. The lowest BCUT2D eigenvalue weighted by Gasteiger charge is -2.05. The molecule has 1 aromatic rings. The van der Waals surface area contributed by atoms with Crippen LogP contribution in [0.5, 0.6) is 0 Å². The van der Waals surface area contributed by atoms with Crippen LogP contribution in [0.25, 0.3) is 0 Å². The first-order chi connectivity index (χ1) is 5.20. The lowest BCUT2D eigenvalue weighted by Crippen LogP contribution is -2.01. The van der Waals surface area contributed by atoms with Gasteiger partial charge in [0.15, 0.2) is 0 Å². The molecule has 0 amide bonds. The van der Waals surface area contributed by atoms with Crippen molar-refractivity contribution >= 4 is 5.69 Å². The third-order valence-electron chi connectivity index (χ3n) is 1.53. The van der Waals surface area contributed by atoms with Crippen LogP contribution in [0, 0.1) is 5.92 Å². The molecule has 2 N–H and O–H groups in total. The Morgan fingerprint density at radius 3 is 2.82 bits per heavy atom. The molecule has 60 valence electrons. The summed E-state index contributed by atoms with van der Waals surface area (Å²) >= 11 is 0. The van der Waals surface area contributed by atoms with Crippen LogP contribution in [0.1, 0.15) is 19.5 Å². The van der Waals surface area contributed by atoms with Gasteiger partial charge in [0.05, 0.1) is 11.4 Å². The molecule has 0 aromatic carbocycles. The van der Waals surface area contributed by atoms with Crippen molar-refractivity contribution in [2.75, 3.05) is 5.73 Å². The van der Waals surface area contributed by atoms with Gasteiger partial charge in [-0.2, -0.15) is 0 Å². The van der Waals surface area contributed by atoms with Gasteiger partial charge in [-0.05, 0) is 24.5 Å². The van der Waals surface area contributed by atoms with Crippen molar-refractivity contribution in [2.24, 2.45) is 5.92 Å². The second-order valence-corrected chi connectivity index (χ2v) is 3.14. The number of nitrogens with two attached hydrogens (primary N) is 1. The SMILES string of the molecule is CC(C)Cc1ncccc1N. The van der Waals surface area contributed by atoms with Crippen LogP contribution in [0.3, 0.4) is 0 Å². The Bertz CT molecular complexity index is 231. The van der Waals surface area contributed by atoms with E-state index in [1.165, 1.54) is 0 Å². The van der Waals surface area contributed by atoms with E-state index in [0.29, 0.717) is 5.92 Å². The van der Waals surface area contributed by atoms with Gasteiger partial charge >= 0.3 is 0 Å². The van der Waals surface area contributed by atoms with Crippen molar-refractivity contribution in [3.05, 3.63) is 24.0 Å². The zero-order valence-corrected chi connectivity index (χ0v) is 7.04. The summed E-state index contributed by atoms with van der Waals surface area (Å²) in [5, 5.41) is 0. The first kappa shape index (κ1) is 8.05. The second-order valence-electron chi connectivity index (χ2n) is 3.14. The minimum atomic E-state index is 0.618. The molecule has 0 aliphatic carbocycles. The van der Waals surface area contributed by atoms with Crippen LogP contribution < -0.4 is 5.73 Å². The third-order valence-corrected chi connectivity index (χ3v) is 1.53. The highest BCUT2D eigenvalue weighted by Crippen LogP contribution is 2.11. The number of aromatic nitrogens is 1. The summed E-state index contributed by atoms with van der Waals surface area (Å²) in [6, 6.07) is 3.75. The van der Waals surface area contributed by atoms with E-state index >= 15 is 0 Å². The molecule has 0 aliphatic heterocycles. The zero-order chi connectivity index (χ0) is 8.27. The van der Waals surface area contributed by atoms with Gasteiger partial charge < -0.3 is 5.73 Å². The maximum absolute atomic E-state index is 5.71. The van der Waals surface area contributed by atoms with E-state index in [4.69, 9.17) is 5.73 Å². The van der Waals surface area contributed by atoms with Crippen molar-refractivity contribution in [3.8, 4) is 0 Å². The Labute approximate surface area is 67.5 Å². The molecule has 0 aliphatic rings. The molecular formula is C9H14N2. The Kier molecular flexibility index (Phi) is 2.47. The van der Waals surface area contributed by atoms with Crippen LogP contribution in [-0.2, 0) is 6.42 Å². The molecule has 0 radical (unpaired) electrons. The molecule has 2 heteroatoms. The van der Waals surface area contributed by atoms with Gasteiger partial charge in [0.2, 0.25) is 0 Å². The number of hydrogen-bond acceptors (Lipinski definition) is 2. The van der Waals surface area contributed by atoms with E-state index in [9.17, 15) is 0 Å². The summed E-state index contributed by atoms with van der Waals surface area (Å²) in [6.45, 7) is 4.32. The monoisotopic (exact) mass is 150 g/mol. The molecule has 0 fully saturated rings. The summed E-state index contributed by atoms with van der Waals surface area (Å²) < 4.78 is 0. The molecule has 11 heavy (non-hydrogen) atoms. The topological polar surface area (TPSA) is 38.9 Å². The standard InChI is InChI=1S/C9H14N2/c1-7(2)6-9-8(10)4-3-5-11-9/h3-5,7H,6,10H2,1-2H3. The van der Waals surface area contributed by atoms with Gasteiger partial charge in [-0.25, -0.2) is 0 Å². The van der Waals surface area contributed by atoms with Crippen LogP contribution in [-0.4, -0.2) is 4.98 Å². The lowest BCUT2D eigenvalue weighted by atomic mass is 10.1. The predicted molar refractivity (Wildman–Crippen MR) is 47.2 cm³/mol. The van der Waals surface area contributed by atoms with Crippen LogP contribution >= 0.6 is 0 Å². The summed E-state index contributed by atoms with van der Waals surface area (Å²) in [4.78, 5) is 4.19. The van der Waals surface area contributed by atoms with Gasteiger partial charge in [0, 0.05) is 6.20 Å². The Balaban J connectivity index is 2.78. The molecule has 0 spiro atoms. The Hall–Kier alpha value is -1.05. The van der Waals surface area contributed by atoms with Gasteiger partial charge in [-0.15, -0.1) is 0 Å². The number of rotatable bonds is 2. The van der Waals surface area contributed by atoms with E-state index in [1.807, 2.05) is 12.1 Å². The average Bonchev–Trinajstić information content (AvgIpc) is 1.93. The minimum absolute atomic E-state index is 0.618. The van der Waals surface area contributed by atoms with E-state index in [2.05, 4.69) is 18.8 Å². The predicted octanol–water partition coefficient (Wildman–Crippen LogP) is 1.86. The molecular weight excluding hydrogens is 136 g/mol. The number of nitrogens with zero attached hydrogens (tertiary/aromatic N) is 1. The van der Waals surface area contributed by atoms with Crippen LogP contribution in [0.4, 0.5) is 5.69 Å². The largest absolute Gasteiger partial charge is 0.397 e. The van der Waals surface area contributed by atoms with Gasteiger partial charge in [0.25, 0.3) is 0 Å². The van der Waals surface area contributed by atoms with E-state index in [1.54, 1.807) is 6.20 Å². The fourth-order valence-electron chi connectivity index (χ4n) is 1.01. The highest BCUT2D eigenvalue weighted by atomic mass is 14.7. The normalized spacial score (nSPS) is 10.5. The quantitative estimate of drug-likeness (QED) is 0.699. The highest BCUT2D eigenvalue weighted by molar-refractivity contribution is 5.41. The summed E-state index contributed by atoms with van der Waals surface area (Å²) in [5.74, 6) is 0.618. The maximum Gasteiger partial charge on any atom is 0.0635 e. The fourth-order valence-corrected chi connectivity index (χ4v) is 1.01. The smallest absolute Gasteiger partial charge is 0.0635 e. The minimum Gasteiger partial charge on any atom is -0.397 e. The van der Waals surface area contributed by atoms with Crippen molar-refractivity contribution in [3.63, 3.8) is 0 Å². The first-order valence-corrected chi connectivity index (χ1v) is 3.89. The fraction of sp³-hybridized carbons (Fsp3) is 0.444. The van der Waals surface area contributed by atoms with Crippen molar-refractivity contribution in [1.29, 1.82) is 0 Å². The maximum atomic E-state index is 5.71. The van der Waals surface area contributed by atoms with Gasteiger partial charge in [-0.3, -0.25) is 4.98 Å². The highest BCUT2D eigenvalue weighted by Gasteiger charge is 2.01. The van der Waals surface area contributed by atoms with Crippen molar-refractivity contribution in [1.82, 2.24) is 4.98 Å². The summed E-state index contributed by atoms with van der Waals surface area (Å²) in [5.41, 5.74) is 7.53. The molecule has 1 heterocycles.